The third-order valence-corrected chi connectivity index (χ3v) is 3.23. The van der Waals surface area contributed by atoms with Crippen molar-refractivity contribution in [2.24, 2.45) is 0 Å². The van der Waals surface area contributed by atoms with E-state index in [1.54, 1.807) is 12.1 Å². The Kier molecular flexibility index (Phi) is 5.10. The van der Waals surface area contributed by atoms with Gasteiger partial charge in [0.2, 0.25) is 5.91 Å². The van der Waals surface area contributed by atoms with Crippen LogP contribution in [0.15, 0.2) is 30.3 Å². The molecular formula is C15H19NO3. The second-order valence-corrected chi connectivity index (χ2v) is 4.76. The van der Waals surface area contributed by atoms with E-state index in [-0.39, 0.29) is 24.3 Å². The minimum atomic E-state index is -0.115. The van der Waals surface area contributed by atoms with Crippen molar-refractivity contribution >= 4 is 11.7 Å². The van der Waals surface area contributed by atoms with Gasteiger partial charge in [0.1, 0.15) is 0 Å². The van der Waals surface area contributed by atoms with Gasteiger partial charge in [-0.1, -0.05) is 30.3 Å². The maximum atomic E-state index is 11.8. The number of carbonyl (C=O) groups excluding carboxylic acids is 2. The van der Waals surface area contributed by atoms with Crippen molar-refractivity contribution in [1.82, 2.24) is 5.32 Å². The van der Waals surface area contributed by atoms with E-state index >= 15 is 0 Å². The van der Waals surface area contributed by atoms with Crippen LogP contribution in [0.3, 0.4) is 0 Å². The van der Waals surface area contributed by atoms with Crippen molar-refractivity contribution in [1.29, 1.82) is 0 Å². The second kappa shape index (κ2) is 7.04. The van der Waals surface area contributed by atoms with Crippen molar-refractivity contribution in [3.05, 3.63) is 35.9 Å². The van der Waals surface area contributed by atoms with Crippen LogP contribution in [-0.2, 0) is 9.53 Å². The number of benzene rings is 1. The standard InChI is InChI=1S/C15H19NO3/c17-14(12-6-2-1-3-7-12)11-16-15(18)10-13-8-4-5-9-19-13/h1-3,6-7,13H,4-5,8-11H2,(H,16,18). The van der Waals surface area contributed by atoms with E-state index in [2.05, 4.69) is 5.32 Å². The Morgan fingerprint density at radius 1 is 1.21 bits per heavy atom. The van der Waals surface area contributed by atoms with Gasteiger partial charge in [0.15, 0.2) is 5.78 Å². The quantitative estimate of drug-likeness (QED) is 0.824. The molecule has 1 fully saturated rings. The Morgan fingerprint density at radius 3 is 2.68 bits per heavy atom. The molecule has 1 aliphatic rings. The molecule has 1 heterocycles. The topological polar surface area (TPSA) is 55.4 Å². The number of hydrogen-bond acceptors (Lipinski definition) is 3. The fraction of sp³-hybridized carbons (Fsp3) is 0.467. The van der Waals surface area contributed by atoms with Crippen LogP contribution in [0, 0.1) is 0 Å². The molecule has 4 nitrogen and oxygen atoms in total. The molecule has 0 aromatic heterocycles. The molecule has 19 heavy (non-hydrogen) atoms. The number of rotatable bonds is 5. The van der Waals surface area contributed by atoms with E-state index < -0.39 is 0 Å². The number of amides is 1. The van der Waals surface area contributed by atoms with Crippen LogP contribution in [0.5, 0.6) is 0 Å². The smallest absolute Gasteiger partial charge is 0.222 e. The number of ether oxygens (including phenoxy) is 1. The number of carbonyl (C=O) groups is 2. The maximum Gasteiger partial charge on any atom is 0.222 e. The van der Waals surface area contributed by atoms with Gasteiger partial charge < -0.3 is 10.1 Å². The van der Waals surface area contributed by atoms with E-state index in [0.717, 1.165) is 25.9 Å². The number of ketones is 1. The van der Waals surface area contributed by atoms with Crippen LogP contribution in [-0.4, -0.2) is 30.9 Å². The van der Waals surface area contributed by atoms with Gasteiger partial charge in [0.05, 0.1) is 19.1 Å². The van der Waals surface area contributed by atoms with Crippen molar-refractivity contribution in [2.75, 3.05) is 13.2 Å². The first-order valence-electron chi connectivity index (χ1n) is 6.72. The molecule has 1 aromatic rings. The fourth-order valence-electron chi connectivity index (χ4n) is 2.15. The summed E-state index contributed by atoms with van der Waals surface area (Å²) in [7, 11) is 0. The highest BCUT2D eigenvalue weighted by Gasteiger charge is 2.18. The summed E-state index contributed by atoms with van der Waals surface area (Å²) in [6, 6.07) is 8.98. The molecule has 0 spiro atoms. The Morgan fingerprint density at radius 2 is 2.00 bits per heavy atom. The maximum absolute atomic E-state index is 11.8. The summed E-state index contributed by atoms with van der Waals surface area (Å²) in [6.07, 6.45) is 3.48. The third-order valence-electron chi connectivity index (χ3n) is 3.23. The van der Waals surface area contributed by atoms with Gasteiger partial charge in [0, 0.05) is 12.2 Å². The van der Waals surface area contributed by atoms with Crippen LogP contribution < -0.4 is 5.32 Å². The first-order chi connectivity index (χ1) is 9.25. The summed E-state index contributed by atoms with van der Waals surface area (Å²) >= 11 is 0. The van der Waals surface area contributed by atoms with Gasteiger partial charge in [-0.3, -0.25) is 9.59 Å². The molecule has 0 radical (unpaired) electrons. The zero-order valence-corrected chi connectivity index (χ0v) is 10.9. The van der Waals surface area contributed by atoms with Crippen molar-refractivity contribution in [2.45, 2.75) is 31.8 Å². The van der Waals surface area contributed by atoms with Gasteiger partial charge in [-0.2, -0.15) is 0 Å². The average Bonchev–Trinajstić information content (AvgIpc) is 2.47. The minimum Gasteiger partial charge on any atom is -0.378 e. The zero-order chi connectivity index (χ0) is 13.5. The monoisotopic (exact) mass is 261 g/mol. The molecule has 1 N–H and O–H groups in total. The number of hydrogen-bond donors (Lipinski definition) is 1. The first-order valence-corrected chi connectivity index (χ1v) is 6.72. The summed E-state index contributed by atoms with van der Waals surface area (Å²) in [4.78, 5) is 23.5. The summed E-state index contributed by atoms with van der Waals surface area (Å²) in [5, 5.41) is 2.66. The van der Waals surface area contributed by atoms with E-state index in [9.17, 15) is 9.59 Å². The van der Waals surface area contributed by atoms with Crippen molar-refractivity contribution < 1.29 is 14.3 Å². The number of Topliss-reactive ketones (excluding diaryl/α,β-unsaturated/α-hetero) is 1. The molecule has 2 rings (SSSR count). The van der Waals surface area contributed by atoms with Crippen LogP contribution in [0.1, 0.15) is 36.0 Å². The normalized spacial score (nSPS) is 18.8. The van der Waals surface area contributed by atoms with Gasteiger partial charge >= 0.3 is 0 Å². The van der Waals surface area contributed by atoms with Gasteiger partial charge in [-0.05, 0) is 19.3 Å². The third kappa shape index (κ3) is 4.48. The lowest BCUT2D eigenvalue weighted by Crippen LogP contribution is -2.33. The zero-order valence-electron chi connectivity index (χ0n) is 10.9. The summed E-state index contributed by atoms with van der Waals surface area (Å²) in [5.74, 6) is -0.185. The lowest BCUT2D eigenvalue weighted by Gasteiger charge is -2.21. The first kappa shape index (κ1) is 13.7. The molecule has 1 amide bonds. The van der Waals surface area contributed by atoms with E-state index in [0.29, 0.717) is 12.0 Å². The molecular weight excluding hydrogens is 242 g/mol. The van der Waals surface area contributed by atoms with E-state index in [4.69, 9.17) is 4.74 Å². The van der Waals surface area contributed by atoms with Crippen LogP contribution >= 0.6 is 0 Å². The van der Waals surface area contributed by atoms with E-state index in [1.807, 2.05) is 18.2 Å². The Labute approximate surface area is 113 Å². The molecule has 4 heteroatoms. The SMILES string of the molecule is O=C(CC1CCCCO1)NCC(=O)c1ccccc1. The molecule has 0 bridgehead atoms. The average molecular weight is 261 g/mol. The molecule has 1 atom stereocenters. The Balaban J connectivity index is 1.72. The summed E-state index contributed by atoms with van der Waals surface area (Å²) in [6.45, 7) is 0.788. The van der Waals surface area contributed by atoms with Crippen LogP contribution in [0.2, 0.25) is 0 Å². The van der Waals surface area contributed by atoms with Crippen LogP contribution in [0.25, 0.3) is 0 Å². The van der Waals surface area contributed by atoms with Crippen molar-refractivity contribution in [3.8, 4) is 0 Å². The second-order valence-electron chi connectivity index (χ2n) is 4.76. The lowest BCUT2D eigenvalue weighted by molar-refractivity contribution is -0.124. The minimum absolute atomic E-state index is 0.0144. The fourth-order valence-corrected chi connectivity index (χ4v) is 2.15. The molecule has 102 valence electrons. The Hall–Kier alpha value is -1.68. The molecule has 1 unspecified atom stereocenters. The highest BCUT2D eigenvalue weighted by molar-refractivity contribution is 5.99. The predicted molar refractivity (Wildman–Crippen MR) is 72.0 cm³/mol. The summed E-state index contributed by atoms with van der Waals surface area (Å²) in [5.41, 5.74) is 0.622. The molecule has 1 saturated heterocycles. The molecule has 0 aliphatic carbocycles. The van der Waals surface area contributed by atoms with Gasteiger partial charge in [-0.25, -0.2) is 0 Å². The Bertz CT molecular complexity index is 424. The van der Waals surface area contributed by atoms with Gasteiger partial charge in [0.25, 0.3) is 0 Å². The van der Waals surface area contributed by atoms with E-state index in [1.165, 1.54) is 0 Å². The predicted octanol–water partition coefficient (Wildman–Crippen LogP) is 1.94. The molecule has 1 aliphatic heterocycles. The largest absolute Gasteiger partial charge is 0.378 e. The highest BCUT2D eigenvalue weighted by atomic mass is 16.5. The molecule has 0 saturated carbocycles. The summed E-state index contributed by atoms with van der Waals surface area (Å²) < 4.78 is 5.49. The van der Waals surface area contributed by atoms with Crippen LogP contribution in [0.4, 0.5) is 0 Å². The van der Waals surface area contributed by atoms with Gasteiger partial charge in [-0.15, -0.1) is 0 Å². The molecule has 1 aromatic carbocycles. The van der Waals surface area contributed by atoms with Crippen molar-refractivity contribution in [3.63, 3.8) is 0 Å². The lowest BCUT2D eigenvalue weighted by atomic mass is 10.1. The number of nitrogens with one attached hydrogen (secondary N) is 1. The highest BCUT2D eigenvalue weighted by Crippen LogP contribution is 2.15.